The molecule has 130 valence electrons. The molecule has 1 aromatic carbocycles. The van der Waals surface area contributed by atoms with Gasteiger partial charge in [-0.2, -0.15) is 0 Å². The van der Waals surface area contributed by atoms with E-state index in [4.69, 9.17) is 9.47 Å². The van der Waals surface area contributed by atoms with Crippen LogP contribution < -0.4 is 5.32 Å². The fraction of sp³-hybridized carbons (Fsp3) is 0.400. The summed E-state index contributed by atoms with van der Waals surface area (Å²) < 4.78 is 9.48. The van der Waals surface area contributed by atoms with Gasteiger partial charge in [0, 0.05) is 17.2 Å². The molecule has 0 bridgehead atoms. The minimum absolute atomic E-state index is 0.0143. The molecule has 0 spiro atoms. The fourth-order valence-corrected chi connectivity index (χ4v) is 1.94. The van der Waals surface area contributed by atoms with Crippen molar-refractivity contribution in [2.45, 2.75) is 26.8 Å². The predicted octanol–water partition coefficient (Wildman–Crippen LogP) is 1.13. The average Bonchev–Trinajstić information content (AvgIpc) is 2.52. The SMILES string of the molecule is CCOC(=O)C(NC(=O)c1cccc([N+](=O)[O-])c1C)C(=O)OCC. The van der Waals surface area contributed by atoms with Gasteiger partial charge in [0.1, 0.15) is 0 Å². The molecule has 9 nitrogen and oxygen atoms in total. The summed E-state index contributed by atoms with van der Waals surface area (Å²) in [5.74, 6) is -2.75. The number of hydrogen-bond acceptors (Lipinski definition) is 7. The lowest BCUT2D eigenvalue weighted by molar-refractivity contribution is -0.385. The topological polar surface area (TPSA) is 125 Å². The molecule has 1 rings (SSSR count). The van der Waals surface area contributed by atoms with Crippen LogP contribution in [0.3, 0.4) is 0 Å². The van der Waals surface area contributed by atoms with Crippen LogP contribution in [0.15, 0.2) is 18.2 Å². The van der Waals surface area contributed by atoms with Crippen molar-refractivity contribution < 1.29 is 28.8 Å². The van der Waals surface area contributed by atoms with Crippen LogP contribution in [0, 0.1) is 17.0 Å². The van der Waals surface area contributed by atoms with Gasteiger partial charge in [-0.15, -0.1) is 0 Å². The Morgan fingerprint density at radius 2 is 1.71 bits per heavy atom. The number of nitro benzene ring substituents is 1. The molecule has 9 heteroatoms. The first-order chi connectivity index (χ1) is 11.3. The molecule has 0 atom stereocenters. The number of esters is 2. The number of hydrogen-bond donors (Lipinski definition) is 1. The highest BCUT2D eigenvalue weighted by Crippen LogP contribution is 2.21. The summed E-state index contributed by atoms with van der Waals surface area (Å²) in [7, 11) is 0. The highest BCUT2D eigenvalue weighted by Gasteiger charge is 2.32. The Labute approximate surface area is 138 Å². The first-order valence-electron chi connectivity index (χ1n) is 7.21. The van der Waals surface area contributed by atoms with Gasteiger partial charge in [-0.1, -0.05) is 6.07 Å². The van der Waals surface area contributed by atoms with Crippen molar-refractivity contribution in [3.63, 3.8) is 0 Å². The van der Waals surface area contributed by atoms with Gasteiger partial charge in [0.25, 0.3) is 11.6 Å². The Morgan fingerprint density at radius 1 is 1.17 bits per heavy atom. The first kappa shape index (κ1) is 19.1. The van der Waals surface area contributed by atoms with Crippen LogP contribution in [-0.4, -0.2) is 42.0 Å². The number of benzene rings is 1. The lowest BCUT2D eigenvalue weighted by Gasteiger charge is -2.16. The lowest BCUT2D eigenvalue weighted by atomic mass is 10.1. The Morgan fingerprint density at radius 3 is 2.17 bits per heavy atom. The lowest BCUT2D eigenvalue weighted by Crippen LogP contribution is -2.48. The van der Waals surface area contributed by atoms with Crippen LogP contribution >= 0.6 is 0 Å². The molecule has 1 amide bonds. The molecule has 0 aliphatic carbocycles. The molecule has 0 saturated heterocycles. The average molecular weight is 338 g/mol. The van der Waals surface area contributed by atoms with E-state index < -0.39 is 28.8 Å². The van der Waals surface area contributed by atoms with E-state index in [9.17, 15) is 24.5 Å². The van der Waals surface area contributed by atoms with Crippen molar-refractivity contribution in [3.8, 4) is 0 Å². The Kier molecular flexibility index (Phi) is 6.84. The number of nitrogens with one attached hydrogen (secondary N) is 1. The van der Waals surface area contributed by atoms with E-state index in [0.29, 0.717) is 0 Å². The highest BCUT2D eigenvalue weighted by atomic mass is 16.6. The van der Waals surface area contributed by atoms with Gasteiger partial charge in [0.15, 0.2) is 0 Å². The highest BCUT2D eigenvalue weighted by molar-refractivity contribution is 6.06. The number of carbonyl (C=O) groups is 3. The molecule has 1 N–H and O–H groups in total. The first-order valence-corrected chi connectivity index (χ1v) is 7.21. The van der Waals surface area contributed by atoms with Crippen molar-refractivity contribution in [3.05, 3.63) is 39.4 Å². The van der Waals surface area contributed by atoms with Crippen LogP contribution in [-0.2, 0) is 19.1 Å². The standard InChI is InChI=1S/C15H18N2O7/c1-4-23-14(19)12(15(20)24-5-2)16-13(18)10-7-6-8-11(9(10)3)17(21)22/h6-8,12H,4-5H2,1-3H3,(H,16,18). The monoisotopic (exact) mass is 338 g/mol. The molecular weight excluding hydrogens is 320 g/mol. The van der Waals surface area contributed by atoms with E-state index in [0.717, 1.165) is 0 Å². The summed E-state index contributed by atoms with van der Waals surface area (Å²) in [6.45, 7) is 4.52. The zero-order valence-electron chi connectivity index (χ0n) is 13.5. The quantitative estimate of drug-likeness (QED) is 0.342. The fourth-order valence-electron chi connectivity index (χ4n) is 1.94. The van der Waals surface area contributed by atoms with Gasteiger partial charge in [0.05, 0.1) is 18.1 Å². The van der Waals surface area contributed by atoms with Gasteiger partial charge in [-0.25, -0.2) is 9.59 Å². The van der Waals surface area contributed by atoms with Gasteiger partial charge in [-0.3, -0.25) is 14.9 Å². The molecule has 0 aliphatic rings. The van der Waals surface area contributed by atoms with Crippen LogP contribution in [0.25, 0.3) is 0 Å². The molecule has 0 fully saturated rings. The third kappa shape index (κ3) is 4.51. The number of nitrogens with zero attached hydrogens (tertiary/aromatic N) is 1. The summed E-state index contributed by atoms with van der Waals surface area (Å²) in [6, 6.07) is 2.30. The second-order valence-electron chi connectivity index (χ2n) is 4.62. The van der Waals surface area contributed by atoms with Crippen molar-refractivity contribution in [1.29, 1.82) is 0 Å². The summed E-state index contributed by atoms with van der Waals surface area (Å²) in [4.78, 5) is 46.3. The Bertz CT molecular complexity index is 639. The van der Waals surface area contributed by atoms with Crippen molar-refractivity contribution >= 4 is 23.5 Å². The van der Waals surface area contributed by atoms with Crippen LogP contribution in [0.2, 0.25) is 0 Å². The Balaban J connectivity index is 3.08. The van der Waals surface area contributed by atoms with Gasteiger partial charge in [-0.05, 0) is 26.8 Å². The van der Waals surface area contributed by atoms with E-state index in [1.165, 1.54) is 25.1 Å². The van der Waals surface area contributed by atoms with Gasteiger partial charge >= 0.3 is 11.9 Å². The molecular formula is C15H18N2O7. The van der Waals surface area contributed by atoms with Gasteiger partial charge in [0.2, 0.25) is 6.04 Å². The smallest absolute Gasteiger partial charge is 0.340 e. The molecule has 0 saturated carbocycles. The third-order valence-corrected chi connectivity index (χ3v) is 3.07. The van der Waals surface area contributed by atoms with E-state index in [1.54, 1.807) is 13.8 Å². The van der Waals surface area contributed by atoms with Crippen molar-refractivity contribution in [1.82, 2.24) is 5.32 Å². The predicted molar refractivity (Wildman–Crippen MR) is 82.4 cm³/mol. The molecule has 24 heavy (non-hydrogen) atoms. The number of rotatable bonds is 7. The van der Waals surface area contributed by atoms with Crippen LogP contribution in [0.4, 0.5) is 5.69 Å². The summed E-state index contributed by atoms with van der Waals surface area (Å²) in [5.41, 5.74) is -0.152. The number of carbonyl (C=O) groups excluding carboxylic acids is 3. The van der Waals surface area contributed by atoms with Crippen LogP contribution in [0.5, 0.6) is 0 Å². The Hall–Kier alpha value is -2.97. The normalized spacial score (nSPS) is 10.2. The molecule has 0 heterocycles. The minimum atomic E-state index is -1.64. The number of nitro groups is 1. The van der Waals surface area contributed by atoms with Gasteiger partial charge < -0.3 is 14.8 Å². The molecule has 0 aromatic heterocycles. The zero-order valence-corrected chi connectivity index (χ0v) is 13.5. The summed E-state index contributed by atoms with van der Waals surface area (Å²) in [5, 5.41) is 13.1. The van der Waals surface area contributed by atoms with E-state index in [-0.39, 0.29) is 30.0 Å². The van der Waals surface area contributed by atoms with E-state index in [2.05, 4.69) is 5.32 Å². The third-order valence-electron chi connectivity index (χ3n) is 3.07. The summed E-state index contributed by atoms with van der Waals surface area (Å²) >= 11 is 0. The number of amides is 1. The van der Waals surface area contributed by atoms with Crippen molar-refractivity contribution in [2.75, 3.05) is 13.2 Å². The number of ether oxygens (including phenoxy) is 2. The maximum Gasteiger partial charge on any atom is 0.340 e. The van der Waals surface area contributed by atoms with E-state index in [1.807, 2.05) is 0 Å². The summed E-state index contributed by atoms with van der Waals surface area (Å²) in [6.07, 6.45) is 0. The minimum Gasteiger partial charge on any atom is -0.464 e. The largest absolute Gasteiger partial charge is 0.464 e. The second-order valence-corrected chi connectivity index (χ2v) is 4.62. The molecule has 0 aliphatic heterocycles. The molecule has 0 unspecified atom stereocenters. The van der Waals surface area contributed by atoms with Crippen molar-refractivity contribution in [2.24, 2.45) is 0 Å². The zero-order chi connectivity index (χ0) is 18.3. The maximum atomic E-state index is 12.3. The van der Waals surface area contributed by atoms with E-state index >= 15 is 0 Å². The van der Waals surface area contributed by atoms with Crippen LogP contribution in [0.1, 0.15) is 29.8 Å². The maximum absolute atomic E-state index is 12.3. The second kappa shape index (κ2) is 8.61. The molecule has 0 radical (unpaired) electrons. The molecule has 1 aromatic rings.